The number of anilines is 2. The molecular weight excluding hydrogens is 326 g/mol. The summed E-state index contributed by atoms with van der Waals surface area (Å²) >= 11 is 0. The van der Waals surface area contributed by atoms with Crippen LogP contribution in [0.2, 0.25) is 0 Å². The van der Waals surface area contributed by atoms with Crippen molar-refractivity contribution >= 4 is 34.4 Å². The molecule has 25 heavy (non-hydrogen) atoms. The summed E-state index contributed by atoms with van der Waals surface area (Å²) in [5.74, 6) is -0.287. The molecule has 0 unspecified atom stereocenters. The van der Waals surface area contributed by atoms with E-state index >= 15 is 0 Å². The van der Waals surface area contributed by atoms with Gasteiger partial charge in [-0.05, 0) is 29.4 Å². The Bertz CT molecular complexity index is 1060. The predicted molar refractivity (Wildman–Crippen MR) is 86.6 cm³/mol. The molecule has 3 aromatic heterocycles. The predicted octanol–water partition coefficient (Wildman–Crippen LogP) is 1.45. The van der Waals surface area contributed by atoms with Crippen LogP contribution in [0, 0.1) is 0 Å². The van der Waals surface area contributed by atoms with Gasteiger partial charge in [-0.15, -0.1) is 10.2 Å². The van der Waals surface area contributed by atoms with Crippen LogP contribution in [0.5, 0.6) is 0 Å². The maximum Gasteiger partial charge on any atom is 0.311 e. The minimum absolute atomic E-state index is 0.232. The standard InChI is InChI=1S/C15H13N7O3/c1-2-21(9-6-4-3-5-7-9)14-15-18-17-10(8-11(23)24)22(15)13-12(16-14)19-25-20-13/h3-7H,2,8H2,1H3,(H,23,24). The van der Waals surface area contributed by atoms with Crippen molar-refractivity contribution in [1.82, 2.24) is 29.9 Å². The van der Waals surface area contributed by atoms with E-state index in [1.165, 1.54) is 4.40 Å². The summed E-state index contributed by atoms with van der Waals surface area (Å²) < 4.78 is 6.29. The van der Waals surface area contributed by atoms with Gasteiger partial charge >= 0.3 is 5.97 Å². The van der Waals surface area contributed by atoms with Crippen LogP contribution in [-0.2, 0) is 11.2 Å². The number of aromatic nitrogens is 6. The van der Waals surface area contributed by atoms with Crippen LogP contribution in [0.3, 0.4) is 0 Å². The number of fused-ring (bicyclic) bond motifs is 3. The van der Waals surface area contributed by atoms with Gasteiger partial charge in [0, 0.05) is 12.2 Å². The summed E-state index contributed by atoms with van der Waals surface area (Å²) in [4.78, 5) is 17.5. The summed E-state index contributed by atoms with van der Waals surface area (Å²) in [6.45, 7) is 2.59. The molecule has 0 aliphatic rings. The first-order valence-corrected chi connectivity index (χ1v) is 7.59. The molecule has 0 aliphatic heterocycles. The minimum atomic E-state index is -1.02. The fourth-order valence-corrected chi connectivity index (χ4v) is 2.72. The number of para-hydroxylation sites is 1. The number of nitrogens with zero attached hydrogens (tertiary/aromatic N) is 7. The van der Waals surface area contributed by atoms with Gasteiger partial charge in [-0.25, -0.2) is 9.61 Å². The van der Waals surface area contributed by atoms with Gasteiger partial charge in [0.1, 0.15) is 6.42 Å². The zero-order chi connectivity index (χ0) is 17.4. The van der Waals surface area contributed by atoms with Crippen LogP contribution in [0.4, 0.5) is 11.5 Å². The summed E-state index contributed by atoms with van der Waals surface area (Å²) in [5.41, 5.74) is 1.84. The van der Waals surface area contributed by atoms with Crippen molar-refractivity contribution < 1.29 is 14.5 Å². The van der Waals surface area contributed by atoms with Crippen LogP contribution < -0.4 is 4.90 Å². The van der Waals surface area contributed by atoms with Gasteiger partial charge < -0.3 is 10.0 Å². The molecule has 10 heteroatoms. The molecule has 0 saturated heterocycles. The molecule has 1 aromatic carbocycles. The molecule has 4 aromatic rings. The van der Waals surface area contributed by atoms with Gasteiger partial charge in [-0.3, -0.25) is 9.20 Å². The van der Waals surface area contributed by atoms with E-state index in [1.807, 2.05) is 42.2 Å². The number of hydrogen-bond donors (Lipinski definition) is 1. The molecule has 126 valence electrons. The lowest BCUT2D eigenvalue weighted by Crippen LogP contribution is -2.19. The lowest BCUT2D eigenvalue weighted by molar-refractivity contribution is -0.136. The molecule has 0 amide bonds. The van der Waals surface area contributed by atoms with E-state index in [0.717, 1.165) is 5.69 Å². The first kappa shape index (κ1) is 15.0. The third-order valence-electron chi connectivity index (χ3n) is 3.76. The number of carbonyl (C=O) groups is 1. The van der Waals surface area contributed by atoms with E-state index in [2.05, 4.69) is 25.5 Å². The average molecular weight is 339 g/mol. The number of carboxylic acid groups (broad SMARTS) is 1. The maximum atomic E-state index is 11.1. The highest BCUT2D eigenvalue weighted by Crippen LogP contribution is 2.28. The van der Waals surface area contributed by atoms with E-state index in [0.29, 0.717) is 18.0 Å². The Hall–Kier alpha value is -3.56. The van der Waals surface area contributed by atoms with Crippen molar-refractivity contribution in [3.63, 3.8) is 0 Å². The fraction of sp³-hybridized carbons (Fsp3) is 0.200. The Morgan fingerprint density at radius 1 is 1.20 bits per heavy atom. The molecule has 0 atom stereocenters. The van der Waals surface area contributed by atoms with Crippen molar-refractivity contribution in [2.45, 2.75) is 13.3 Å². The first-order valence-electron chi connectivity index (χ1n) is 7.59. The van der Waals surface area contributed by atoms with Gasteiger partial charge in [0.25, 0.3) is 0 Å². The summed E-state index contributed by atoms with van der Waals surface area (Å²) in [6, 6.07) is 9.66. The lowest BCUT2D eigenvalue weighted by atomic mass is 10.3. The maximum absolute atomic E-state index is 11.1. The highest BCUT2D eigenvalue weighted by molar-refractivity contribution is 5.81. The second kappa shape index (κ2) is 5.82. The third-order valence-corrected chi connectivity index (χ3v) is 3.76. The number of aliphatic carboxylic acids is 1. The Morgan fingerprint density at radius 3 is 2.72 bits per heavy atom. The third kappa shape index (κ3) is 2.43. The summed E-state index contributed by atoms with van der Waals surface area (Å²) in [5, 5.41) is 24.8. The van der Waals surface area contributed by atoms with E-state index in [-0.39, 0.29) is 23.5 Å². The summed E-state index contributed by atoms with van der Waals surface area (Å²) in [7, 11) is 0. The molecule has 10 nitrogen and oxygen atoms in total. The molecular formula is C15H13N7O3. The van der Waals surface area contributed by atoms with Gasteiger partial charge in [0.05, 0.1) is 0 Å². The smallest absolute Gasteiger partial charge is 0.311 e. The Kier molecular flexibility index (Phi) is 3.49. The van der Waals surface area contributed by atoms with Crippen molar-refractivity contribution in [3.8, 4) is 0 Å². The second-order valence-corrected chi connectivity index (χ2v) is 5.27. The van der Waals surface area contributed by atoms with Gasteiger partial charge in [-0.2, -0.15) is 0 Å². The normalized spacial score (nSPS) is 11.2. The van der Waals surface area contributed by atoms with Crippen LogP contribution >= 0.6 is 0 Å². The highest BCUT2D eigenvalue weighted by Gasteiger charge is 2.23. The van der Waals surface area contributed by atoms with E-state index in [4.69, 9.17) is 9.74 Å². The molecule has 1 N–H and O–H groups in total. The Balaban J connectivity index is 1.99. The number of benzene rings is 1. The van der Waals surface area contributed by atoms with Gasteiger partial charge in [-0.1, -0.05) is 18.2 Å². The SMILES string of the molecule is CCN(c1ccccc1)c1nc2nonc2n2c(CC(=O)O)nnc12. The molecule has 0 aliphatic carbocycles. The molecule has 0 bridgehead atoms. The van der Waals surface area contributed by atoms with Crippen molar-refractivity contribution in [2.75, 3.05) is 11.4 Å². The van der Waals surface area contributed by atoms with E-state index < -0.39 is 5.97 Å². The summed E-state index contributed by atoms with van der Waals surface area (Å²) in [6.07, 6.45) is -0.302. The minimum Gasteiger partial charge on any atom is -0.481 e. The molecule has 0 radical (unpaired) electrons. The second-order valence-electron chi connectivity index (χ2n) is 5.27. The zero-order valence-corrected chi connectivity index (χ0v) is 13.2. The molecule has 0 fully saturated rings. The van der Waals surface area contributed by atoms with E-state index in [1.54, 1.807) is 0 Å². The average Bonchev–Trinajstić information content (AvgIpc) is 3.23. The van der Waals surface area contributed by atoms with Gasteiger partial charge in [0.15, 0.2) is 11.6 Å². The first-order chi connectivity index (χ1) is 12.2. The van der Waals surface area contributed by atoms with Crippen molar-refractivity contribution in [1.29, 1.82) is 0 Å². The topological polar surface area (TPSA) is 123 Å². The molecule has 3 heterocycles. The number of carboxylic acids is 1. The van der Waals surface area contributed by atoms with Crippen LogP contribution in [0.1, 0.15) is 12.7 Å². The monoisotopic (exact) mass is 339 g/mol. The van der Waals surface area contributed by atoms with Crippen LogP contribution in [-0.4, -0.2) is 47.5 Å². The Labute approximate surface area is 140 Å². The van der Waals surface area contributed by atoms with Crippen molar-refractivity contribution in [3.05, 3.63) is 36.2 Å². The largest absolute Gasteiger partial charge is 0.481 e. The Morgan fingerprint density at radius 2 is 2.00 bits per heavy atom. The quantitative estimate of drug-likeness (QED) is 0.575. The number of hydrogen-bond acceptors (Lipinski definition) is 8. The highest BCUT2D eigenvalue weighted by atomic mass is 16.6. The van der Waals surface area contributed by atoms with Crippen LogP contribution in [0.15, 0.2) is 35.0 Å². The molecule has 0 saturated carbocycles. The fourth-order valence-electron chi connectivity index (χ4n) is 2.72. The number of rotatable bonds is 5. The molecule has 0 spiro atoms. The van der Waals surface area contributed by atoms with E-state index in [9.17, 15) is 4.79 Å². The molecule has 4 rings (SSSR count). The van der Waals surface area contributed by atoms with Crippen molar-refractivity contribution in [2.24, 2.45) is 0 Å². The van der Waals surface area contributed by atoms with Crippen LogP contribution in [0.25, 0.3) is 16.9 Å². The lowest BCUT2D eigenvalue weighted by Gasteiger charge is -2.22. The zero-order valence-electron chi connectivity index (χ0n) is 13.2. The van der Waals surface area contributed by atoms with Gasteiger partial charge in [0.2, 0.25) is 16.9 Å².